The number of aromatic amines is 1. The first-order valence-corrected chi connectivity index (χ1v) is 18.2. The summed E-state index contributed by atoms with van der Waals surface area (Å²) in [6.45, 7) is -0.234. The number of nitrogens with zero attached hydrogens (tertiary/aromatic N) is 1. The Balaban J connectivity index is 0.988. The molecular weight excluding hydrogens is 700 g/mol. The van der Waals surface area contributed by atoms with Crippen LogP contribution >= 0.6 is 23.1 Å². The van der Waals surface area contributed by atoms with Crippen LogP contribution in [0.3, 0.4) is 0 Å². The number of carbonyl (C=O) groups excluding carboxylic acids is 3. The van der Waals surface area contributed by atoms with E-state index in [9.17, 15) is 32.3 Å². The van der Waals surface area contributed by atoms with Gasteiger partial charge in [0.25, 0.3) is 5.91 Å². The number of ether oxygens (including phenoxy) is 1. The summed E-state index contributed by atoms with van der Waals surface area (Å²) >= 11 is 2.64. The van der Waals surface area contributed by atoms with Gasteiger partial charge < -0.3 is 15.0 Å². The van der Waals surface area contributed by atoms with Crippen LogP contribution < -0.4 is 19.8 Å². The monoisotopic (exact) mass is 727 g/mol. The minimum absolute atomic E-state index is 0.0706. The molecule has 2 N–H and O–H groups in total. The fraction of sp³-hybridized carbons (Fsp3) is 0.263. The summed E-state index contributed by atoms with van der Waals surface area (Å²) in [5.41, 5.74) is 0.507. The van der Waals surface area contributed by atoms with Gasteiger partial charge in [-0.25, -0.2) is 0 Å². The normalized spacial score (nSPS) is 26.3. The van der Waals surface area contributed by atoms with E-state index in [1.54, 1.807) is 6.07 Å². The fourth-order valence-electron chi connectivity index (χ4n) is 8.88. The maximum absolute atomic E-state index is 14.0. The van der Waals surface area contributed by atoms with E-state index < -0.39 is 35.4 Å². The van der Waals surface area contributed by atoms with E-state index in [0.717, 1.165) is 54.6 Å². The number of amides is 3. The first-order valence-electron chi connectivity index (χ1n) is 16.5. The zero-order chi connectivity index (χ0) is 35.2. The van der Waals surface area contributed by atoms with Crippen LogP contribution in [-0.4, -0.2) is 34.6 Å². The predicted molar refractivity (Wildman–Crippen MR) is 187 cm³/mol. The topological polar surface area (TPSA) is 109 Å². The van der Waals surface area contributed by atoms with Gasteiger partial charge in [-0.15, -0.1) is 11.8 Å². The van der Waals surface area contributed by atoms with Crippen molar-refractivity contribution >= 4 is 63.0 Å². The SMILES string of the molecule is O=C(COc1cccc([C@@H]2c3sc(=O)[nH]c3S[C@@H]3[C@@H]4C[C@@H]([C@@H]5C(=O)N(c6cccc(C(F)(F)F)c6)C(=O)[C@@H]45)[C@H]23)c1)Nc1ccc2ccccc2c1. The highest BCUT2D eigenvalue weighted by Gasteiger charge is 2.69. The van der Waals surface area contributed by atoms with Crippen molar-refractivity contribution in [2.24, 2.45) is 29.6 Å². The van der Waals surface area contributed by atoms with E-state index >= 15 is 0 Å². The van der Waals surface area contributed by atoms with Gasteiger partial charge in [-0.05, 0) is 83.0 Å². The lowest BCUT2D eigenvalue weighted by Crippen LogP contribution is -2.42. The Labute approximate surface area is 297 Å². The van der Waals surface area contributed by atoms with Crippen LogP contribution in [0, 0.1) is 29.6 Å². The molecule has 13 heteroatoms. The van der Waals surface area contributed by atoms with Crippen molar-refractivity contribution in [3.63, 3.8) is 0 Å². The number of alkyl halides is 3. The highest BCUT2D eigenvalue weighted by Crippen LogP contribution is 2.68. The highest BCUT2D eigenvalue weighted by atomic mass is 32.2. The zero-order valence-corrected chi connectivity index (χ0v) is 28.2. The third kappa shape index (κ3) is 5.27. The summed E-state index contributed by atoms with van der Waals surface area (Å²) in [5, 5.41) is 5.56. The van der Waals surface area contributed by atoms with Gasteiger partial charge in [-0.1, -0.05) is 59.9 Å². The Morgan fingerprint density at radius 1 is 0.882 bits per heavy atom. The maximum atomic E-state index is 14.0. The molecule has 4 aliphatic rings. The lowest BCUT2D eigenvalue weighted by molar-refractivity contribution is -0.137. The van der Waals surface area contributed by atoms with Crippen molar-refractivity contribution in [3.8, 4) is 5.75 Å². The van der Waals surface area contributed by atoms with E-state index in [1.807, 2.05) is 60.7 Å². The summed E-state index contributed by atoms with van der Waals surface area (Å²) < 4.78 is 46.6. The number of halogens is 3. The molecule has 3 heterocycles. The molecule has 51 heavy (non-hydrogen) atoms. The third-order valence-electron chi connectivity index (χ3n) is 10.8. The minimum Gasteiger partial charge on any atom is -0.484 e. The second kappa shape index (κ2) is 11.8. The Hall–Kier alpha value is -4.88. The number of thioether (sulfide) groups is 1. The van der Waals surface area contributed by atoms with Crippen molar-refractivity contribution in [1.82, 2.24) is 4.98 Å². The molecule has 3 amide bonds. The van der Waals surface area contributed by atoms with E-state index in [1.165, 1.54) is 23.9 Å². The molecule has 4 aromatic carbocycles. The number of anilines is 2. The minimum atomic E-state index is -4.62. The summed E-state index contributed by atoms with van der Waals surface area (Å²) in [6, 6.07) is 25.2. The number of thiazole rings is 1. The first-order chi connectivity index (χ1) is 24.5. The number of fused-ring (bicyclic) bond motifs is 10. The van der Waals surface area contributed by atoms with E-state index in [-0.39, 0.29) is 52.0 Å². The fourth-order valence-corrected chi connectivity index (χ4v) is 11.8. The molecule has 3 fully saturated rings. The number of imide groups is 1. The number of benzene rings is 4. The largest absolute Gasteiger partial charge is 0.484 e. The van der Waals surface area contributed by atoms with Gasteiger partial charge in [-0.3, -0.25) is 24.1 Å². The Kier molecular flexibility index (Phi) is 7.44. The molecule has 1 aromatic heterocycles. The molecule has 5 aromatic rings. The molecule has 2 aliphatic carbocycles. The molecule has 7 atom stereocenters. The van der Waals surface area contributed by atoms with Gasteiger partial charge >= 0.3 is 11.0 Å². The second-order valence-electron chi connectivity index (χ2n) is 13.5. The molecule has 0 unspecified atom stereocenters. The molecule has 8 nitrogen and oxygen atoms in total. The highest BCUT2D eigenvalue weighted by molar-refractivity contribution is 8.00. The molecule has 9 rings (SSSR count). The van der Waals surface area contributed by atoms with Crippen molar-refractivity contribution in [2.45, 2.75) is 28.8 Å². The number of aromatic nitrogens is 1. The average Bonchev–Trinajstić information content (AvgIpc) is 3.85. The third-order valence-corrected chi connectivity index (χ3v) is 13.4. The molecule has 2 bridgehead atoms. The van der Waals surface area contributed by atoms with Crippen LogP contribution in [0.1, 0.15) is 28.3 Å². The Morgan fingerprint density at radius 3 is 2.45 bits per heavy atom. The average molecular weight is 728 g/mol. The van der Waals surface area contributed by atoms with Crippen molar-refractivity contribution in [1.29, 1.82) is 0 Å². The maximum Gasteiger partial charge on any atom is 0.416 e. The number of carbonyl (C=O) groups is 3. The van der Waals surface area contributed by atoms with Gasteiger partial charge in [-0.2, -0.15) is 13.2 Å². The number of rotatable bonds is 6. The van der Waals surface area contributed by atoms with Gasteiger partial charge in [0.15, 0.2) is 6.61 Å². The van der Waals surface area contributed by atoms with Gasteiger partial charge in [0, 0.05) is 21.7 Å². The predicted octanol–water partition coefficient (Wildman–Crippen LogP) is 7.30. The summed E-state index contributed by atoms with van der Waals surface area (Å²) in [4.78, 5) is 58.0. The van der Waals surface area contributed by atoms with Crippen LogP contribution in [0.15, 0.2) is 101 Å². The van der Waals surface area contributed by atoms with Crippen LogP contribution in [0.25, 0.3) is 10.8 Å². The number of nitrogens with one attached hydrogen (secondary N) is 2. The second-order valence-corrected chi connectivity index (χ2v) is 15.7. The zero-order valence-electron chi connectivity index (χ0n) is 26.6. The molecule has 2 saturated carbocycles. The van der Waals surface area contributed by atoms with Gasteiger partial charge in [0.2, 0.25) is 11.8 Å². The lowest BCUT2D eigenvalue weighted by atomic mass is 9.68. The quantitative estimate of drug-likeness (QED) is 0.178. The molecule has 0 spiro atoms. The Morgan fingerprint density at radius 2 is 1.65 bits per heavy atom. The summed E-state index contributed by atoms with van der Waals surface area (Å²) in [5.74, 6) is -2.95. The summed E-state index contributed by atoms with van der Waals surface area (Å²) in [6.07, 6.45) is -3.99. The number of hydrogen-bond acceptors (Lipinski definition) is 7. The lowest BCUT2D eigenvalue weighted by Gasteiger charge is -2.43. The van der Waals surface area contributed by atoms with Gasteiger partial charge in [0.1, 0.15) is 5.75 Å². The van der Waals surface area contributed by atoms with Crippen molar-refractivity contribution in [2.75, 3.05) is 16.8 Å². The Bertz CT molecular complexity index is 2320. The van der Waals surface area contributed by atoms with Gasteiger partial charge in [0.05, 0.1) is 28.1 Å². The van der Waals surface area contributed by atoms with Crippen LogP contribution in [-0.2, 0) is 20.6 Å². The van der Waals surface area contributed by atoms with Crippen molar-refractivity contribution < 1.29 is 32.3 Å². The van der Waals surface area contributed by atoms with E-state index in [4.69, 9.17) is 4.74 Å². The number of H-pyrrole nitrogens is 1. The molecular formula is C38H28F3N3O5S2. The molecule has 2 aliphatic heterocycles. The van der Waals surface area contributed by atoms with Crippen molar-refractivity contribution in [3.05, 3.63) is 117 Å². The standard InChI is InChI=1S/C38H28F3N3O5S2/c39-38(40,41)21-8-4-9-23(15-21)44-35(46)30-25-16-26(31(30)36(44)47)32-29(25)28(33-34(50-32)43-37(48)51-33)20-7-3-10-24(14-20)49-17-27(45)42-22-12-11-18-5-1-2-6-19(18)13-22/h1-15,25-26,28-32H,16-17H2,(H,42,45)(H,43,48)/t25-,26-,28+,29-,30+,31+,32-/m1/s1. The van der Waals surface area contributed by atoms with Crippen LogP contribution in [0.4, 0.5) is 24.5 Å². The van der Waals surface area contributed by atoms with E-state index in [2.05, 4.69) is 10.3 Å². The first kappa shape index (κ1) is 32.1. The van der Waals surface area contributed by atoms with E-state index in [0.29, 0.717) is 17.9 Å². The summed E-state index contributed by atoms with van der Waals surface area (Å²) in [7, 11) is 0. The molecule has 0 radical (unpaired) electrons. The smallest absolute Gasteiger partial charge is 0.416 e. The molecule has 1 saturated heterocycles. The molecule has 258 valence electrons. The number of hydrogen-bond donors (Lipinski definition) is 2. The van der Waals surface area contributed by atoms with Crippen LogP contribution in [0.5, 0.6) is 5.75 Å². The van der Waals surface area contributed by atoms with Crippen LogP contribution in [0.2, 0.25) is 0 Å².